The van der Waals surface area contributed by atoms with Crippen LogP contribution in [0.3, 0.4) is 0 Å². The molecular formula is C14H15N3O6. The lowest BCUT2D eigenvalue weighted by molar-refractivity contribution is 0.00613. The Hall–Kier alpha value is -2.55. The highest BCUT2D eigenvalue weighted by Crippen LogP contribution is 2.30. The average Bonchev–Trinajstić information content (AvgIpc) is 2.90. The van der Waals surface area contributed by atoms with E-state index in [0.717, 1.165) is 0 Å². The van der Waals surface area contributed by atoms with Gasteiger partial charge >= 0.3 is 5.91 Å². The maximum atomic E-state index is 12.7. The number of rotatable bonds is 3. The number of carbonyl (C=O) groups is 2. The molecule has 1 aromatic heterocycles. The van der Waals surface area contributed by atoms with E-state index in [9.17, 15) is 19.3 Å². The van der Waals surface area contributed by atoms with Crippen LogP contribution in [0.2, 0.25) is 0 Å². The lowest BCUT2D eigenvalue weighted by Crippen LogP contribution is -2.49. The van der Waals surface area contributed by atoms with Crippen molar-refractivity contribution in [1.29, 1.82) is 0 Å². The Labute approximate surface area is 130 Å². The van der Waals surface area contributed by atoms with Gasteiger partial charge in [0.2, 0.25) is 5.43 Å². The predicted octanol–water partition coefficient (Wildman–Crippen LogP) is 0.354. The van der Waals surface area contributed by atoms with Crippen molar-refractivity contribution in [3.05, 3.63) is 32.6 Å². The van der Waals surface area contributed by atoms with Crippen LogP contribution in [0.5, 0.6) is 5.75 Å². The van der Waals surface area contributed by atoms with Crippen molar-refractivity contribution in [2.24, 2.45) is 5.18 Å². The first-order chi connectivity index (χ1) is 11.0. The van der Waals surface area contributed by atoms with Crippen molar-refractivity contribution in [3.63, 3.8) is 0 Å². The average molecular weight is 321 g/mol. The number of amides is 2. The number of hydrogen-bond donors (Lipinski definition) is 0. The monoisotopic (exact) mass is 321 g/mol. The van der Waals surface area contributed by atoms with Gasteiger partial charge in [-0.2, -0.15) is 0 Å². The van der Waals surface area contributed by atoms with Crippen LogP contribution in [0.25, 0.3) is 0 Å². The molecule has 9 nitrogen and oxygen atoms in total. The first-order valence-corrected chi connectivity index (χ1v) is 7.21. The molecule has 1 aromatic rings. The molecule has 1 saturated heterocycles. The molecule has 0 saturated carbocycles. The fourth-order valence-electron chi connectivity index (χ4n) is 2.94. The zero-order valence-electron chi connectivity index (χ0n) is 12.6. The van der Waals surface area contributed by atoms with E-state index in [1.54, 1.807) is 11.8 Å². The minimum Gasteiger partial charge on any atom is -0.488 e. The van der Waals surface area contributed by atoms with Gasteiger partial charge in [0.15, 0.2) is 17.7 Å². The summed E-state index contributed by atoms with van der Waals surface area (Å²) in [6.07, 6.45) is 0.694. The van der Waals surface area contributed by atoms with Crippen molar-refractivity contribution in [1.82, 2.24) is 9.47 Å². The van der Waals surface area contributed by atoms with E-state index in [4.69, 9.17) is 9.47 Å². The third kappa shape index (κ3) is 2.24. The van der Waals surface area contributed by atoms with Gasteiger partial charge < -0.3 is 18.9 Å². The molecule has 122 valence electrons. The van der Waals surface area contributed by atoms with Gasteiger partial charge in [0.1, 0.15) is 5.56 Å². The number of aromatic nitrogens is 1. The van der Waals surface area contributed by atoms with Gasteiger partial charge in [-0.05, 0) is 13.8 Å². The third-order valence-corrected chi connectivity index (χ3v) is 3.94. The highest BCUT2D eigenvalue weighted by molar-refractivity contribution is 5.99. The standard InChI is InChI=1S/C14H15N3O6/c1-3-22-12-10-14(20)17-7(2)6-23-9(17)5-16(10)4-8(11(12)18)13(19)15-21/h4,7,9H,3,5-6H2,1-2H3/t7-,9+/m0/s1. The van der Waals surface area contributed by atoms with Crippen LogP contribution >= 0.6 is 0 Å². The highest BCUT2D eigenvalue weighted by Gasteiger charge is 2.43. The molecule has 3 heterocycles. The second kappa shape index (κ2) is 5.58. The molecule has 0 N–H and O–H groups in total. The number of fused-ring (bicyclic) bond motifs is 2. The molecule has 2 atom stereocenters. The maximum absolute atomic E-state index is 12.7. The minimum absolute atomic E-state index is 0.0629. The molecule has 0 unspecified atom stereocenters. The maximum Gasteiger partial charge on any atom is 0.322 e. The summed E-state index contributed by atoms with van der Waals surface area (Å²) in [7, 11) is 0. The van der Waals surface area contributed by atoms with Crippen LogP contribution in [-0.4, -0.2) is 46.8 Å². The van der Waals surface area contributed by atoms with Gasteiger partial charge in [-0.3, -0.25) is 14.4 Å². The van der Waals surface area contributed by atoms with Crippen LogP contribution in [0.15, 0.2) is 16.2 Å². The molecule has 2 aliphatic rings. The summed E-state index contributed by atoms with van der Waals surface area (Å²) in [4.78, 5) is 48.7. The van der Waals surface area contributed by atoms with Crippen LogP contribution in [0, 0.1) is 4.91 Å². The molecule has 2 aliphatic heterocycles. The summed E-state index contributed by atoms with van der Waals surface area (Å²) < 4.78 is 12.3. The normalized spacial score (nSPS) is 22.5. The largest absolute Gasteiger partial charge is 0.488 e. The van der Waals surface area contributed by atoms with Gasteiger partial charge in [0.25, 0.3) is 5.91 Å². The second-order valence-electron chi connectivity index (χ2n) is 5.38. The number of nitroso groups, excluding NO2 is 1. The van der Waals surface area contributed by atoms with E-state index >= 15 is 0 Å². The van der Waals surface area contributed by atoms with Crippen LogP contribution in [0.4, 0.5) is 0 Å². The van der Waals surface area contributed by atoms with E-state index < -0.39 is 29.0 Å². The number of nitrogens with zero attached hydrogens (tertiary/aromatic N) is 3. The topological polar surface area (TPSA) is 107 Å². The quantitative estimate of drug-likeness (QED) is 0.744. The predicted molar refractivity (Wildman–Crippen MR) is 77.4 cm³/mol. The third-order valence-electron chi connectivity index (χ3n) is 3.94. The fraction of sp³-hybridized carbons (Fsp3) is 0.500. The van der Waals surface area contributed by atoms with E-state index in [2.05, 4.69) is 5.18 Å². The Balaban J connectivity index is 2.22. The molecule has 0 aliphatic carbocycles. The van der Waals surface area contributed by atoms with E-state index in [0.29, 0.717) is 6.61 Å². The van der Waals surface area contributed by atoms with Crippen molar-refractivity contribution in [2.75, 3.05) is 13.2 Å². The molecule has 0 bridgehead atoms. The molecule has 23 heavy (non-hydrogen) atoms. The summed E-state index contributed by atoms with van der Waals surface area (Å²) >= 11 is 0. The number of ether oxygens (including phenoxy) is 2. The van der Waals surface area contributed by atoms with Crippen molar-refractivity contribution in [3.8, 4) is 5.75 Å². The van der Waals surface area contributed by atoms with Gasteiger partial charge in [-0.1, -0.05) is 0 Å². The lowest BCUT2D eigenvalue weighted by atomic mass is 10.1. The molecule has 1 fully saturated rings. The minimum atomic E-state index is -1.19. The summed E-state index contributed by atoms with van der Waals surface area (Å²) in [5.74, 6) is -1.82. The SMILES string of the molecule is CCOc1c2n(cc(C(=O)N=O)c1=O)C[C@H]1OC[C@H](C)N1C2=O. The number of carbonyl (C=O) groups excluding carboxylic acids is 2. The summed E-state index contributed by atoms with van der Waals surface area (Å²) in [5, 5.41) is 2.28. The zero-order chi connectivity index (χ0) is 16.7. The Morgan fingerprint density at radius 3 is 2.87 bits per heavy atom. The first-order valence-electron chi connectivity index (χ1n) is 7.21. The Morgan fingerprint density at radius 1 is 1.48 bits per heavy atom. The van der Waals surface area contributed by atoms with Crippen molar-refractivity contribution in [2.45, 2.75) is 32.7 Å². The summed E-state index contributed by atoms with van der Waals surface area (Å²) in [6.45, 7) is 4.27. The summed E-state index contributed by atoms with van der Waals surface area (Å²) in [6, 6.07) is -0.122. The van der Waals surface area contributed by atoms with Gasteiger partial charge in [0.05, 0.1) is 25.8 Å². The Bertz CT molecular complexity index is 756. The second-order valence-corrected chi connectivity index (χ2v) is 5.38. The van der Waals surface area contributed by atoms with Gasteiger partial charge in [-0.25, -0.2) is 0 Å². The Morgan fingerprint density at radius 2 is 2.22 bits per heavy atom. The van der Waals surface area contributed by atoms with Gasteiger partial charge in [0, 0.05) is 11.4 Å². The van der Waals surface area contributed by atoms with Crippen LogP contribution in [0.1, 0.15) is 34.7 Å². The van der Waals surface area contributed by atoms with E-state index in [1.165, 1.54) is 10.8 Å². The summed E-state index contributed by atoms with van der Waals surface area (Å²) in [5.41, 5.74) is -1.16. The number of pyridine rings is 1. The number of hydrogen-bond acceptors (Lipinski definition) is 6. The van der Waals surface area contributed by atoms with Crippen LogP contribution in [-0.2, 0) is 11.3 Å². The van der Waals surface area contributed by atoms with E-state index in [-0.39, 0.29) is 30.6 Å². The fourth-order valence-corrected chi connectivity index (χ4v) is 2.94. The van der Waals surface area contributed by atoms with Crippen molar-refractivity contribution >= 4 is 11.8 Å². The zero-order valence-corrected chi connectivity index (χ0v) is 12.6. The lowest BCUT2D eigenvalue weighted by Gasteiger charge is -2.34. The smallest absolute Gasteiger partial charge is 0.322 e. The molecule has 3 rings (SSSR count). The molecule has 2 amide bonds. The molecule has 0 aromatic carbocycles. The van der Waals surface area contributed by atoms with Crippen LogP contribution < -0.4 is 10.2 Å². The molecule has 9 heteroatoms. The van der Waals surface area contributed by atoms with Gasteiger partial charge in [-0.15, -0.1) is 4.91 Å². The highest BCUT2D eigenvalue weighted by atomic mass is 16.5. The Kier molecular flexibility index (Phi) is 3.72. The molecular weight excluding hydrogens is 306 g/mol. The van der Waals surface area contributed by atoms with Crippen molar-refractivity contribution < 1.29 is 19.1 Å². The van der Waals surface area contributed by atoms with E-state index in [1.807, 2.05) is 6.92 Å². The molecule has 0 radical (unpaired) electrons. The first kappa shape index (κ1) is 15.3. The molecule has 0 spiro atoms.